The number of carbonyl (C=O) groups excluding carboxylic acids is 2. The molecule has 1 N–H and O–H groups in total. The molecule has 0 saturated heterocycles. The van der Waals surface area contributed by atoms with Gasteiger partial charge in [0.1, 0.15) is 5.92 Å². The van der Waals surface area contributed by atoms with Gasteiger partial charge in [0, 0.05) is 5.56 Å². The summed E-state index contributed by atoms with van der Waals surface area (Å²) >= 11 is 0. The molecule has 90 valence electrons. The topological polar surface area (TPSA) is 71.4 Å². The van der Waals surface area contributed by atoms with Gasteiger partial charge in [-0.3, -0.25) is 9.59 Å². The minimum absolute atomic E-state index is 0.184. The molecule has 4 nitrogen and oxygen atoms in total. The van der Waals surface area contributed by atoms with Crippen molar-refractivity contribution < 1.29 is 19.5 Å². The third kappa shape index (κ3) is 2.13. The quantitative estimate of drug-likeness (QED) is 0.646. The van der Waals surface area contributed by atoms with Crippen LogP contribution in [-0.2, 0) is 9.59 Å². The van der Waals surface area contributed by atoms with Crippen LogP contribution in [-0.4, -0.2) is 22.6 Å². The fraction of sp³-hybridized carbons (Fsp3) is 0.0714. The second kappa shape index (κ2) is 4.79. The van der Waals surface area contributed by atoms with Gasteiger partial charge in [0.05, 0.1) is 5.57 Å². The maximum atomic E-state index is 12.2. The Morgan fingerprint density at radius 3 is 2.39 bits per heavy atom. The number of allylic oxidation sites excluding steroid dienone is 3. The van der Waals surface area contributed by atoms with Gasteiger partial charge in [-0.2, -0.15) is 0 Å². The molecule has 1 aromatic rings. The van der Waals surface area contributed by atoms with Crippen molar-refractivity contribution >= 4 is 17.5 Å². The normalized spacial score (nSPS) is 18.3. The number of benzene rings is 1. The average molecular weight is 242 g/mol. The Morgan fingerprint density at radius 1 is 1.11 bits per heavy atom. The number of hydrogen-bond donors (Lipinski definition) is 1. The van der Waals surface area contributed by atoms with Crippen LogP contribution in [0.25, 0.3) is 0 Å². The molecule has 2 rings (SSSR count). The Morgan fingerprint density at radius 2 is 1.78 bits per heavy atom. The summed E-state index contributed by atoms with van der Waals surface area (Å²) in [5.41, 5.74) is 0.148. The third-order valence-corrected chi connectivity index (χ3v) is 2.70. The monoisotopic (exact) mass is 242 g/mol. The molecule has 18 heavy (non-hydrogen) atoms. The van der Waals surface area contributed by atoms with Crippen LogP contribution < -0.4 is 0 Å². The minimum Gasteiger partial charge on any atom is -0.478 e. The Bertz CT molecular complexity index is 567. The van der Waals surface area contributed by atoms with Crippen molar-refractivity contribution in [3.63, 3.8) is 0 Å². The fourth-order valence-electron chi connectivity index (χ4n) is 1.83. The lowest BCUT2D eigenvalue weighted by molar-refractivity contribution is -0.134. The lowest BCUT2D eigenvalue weighted by Crippen LogP contribution is -2.30. The van der Waals surface area contributed by atoms with E-state index in [-0.39, 0.29) is 5.57 Å². The summed E-state index contributed by atoms with van der Waals surface area (Å²) in [6, 6.07) is 8.20. The number of carbonyl (C=O) groups is 3. The summed E-state index contributed by atoms with van der Waals surface area (Å²) in [5.74, 6) is -3.47. The van der Waals surface area contributed by atoms with Crippen molar-refractivity contribution in [2.75, 3.05) is 0 Å². The Labute approximate surface area is 103 Å². The van der Waals surface area contributed by atoms with Crippen molar-refractivity contribution in [2.45, 2.75) is 0 Å². The third-order valence-electron chi connectivity index (χ3n) is 2.70. The van der Waals surface area contributed by atoms with E-state index in [0.717, 1.165) is 0 Å². The standard InChI is InChI=1S/C14H10O4/c15-11-8-4-7-10(14(17)18)12(11)13(16)9-5-2-1-3-6-9/h1-8,12H,(H,17,18). The number of Topliss-reactive ketones (excluding diaryl/α,β-unsaturated/α-hetero) is 1. The van der Waals surface area contributed by atoms with Gasteiger partial charge in [-0.25, -0.2) is 4.79 Å². The molecule has 0 bridgehead atoms. The molecule has 1 aliphatic rings. The van der Waals surface area contributed by atoms with Gasteiger partial charge >= 0.3 is 5.97 Å². The number of carboxylic acids is 1. The minimum atomic E-state index is -1.25. The lowest BCUT2D eigenvalue weighted by Gasteiger charge is -2.16. The molecule has 4 heteroatoms. The van der Waals surface area contributed by atoms with E-state index in [4.69, 9.17) is 5.11 Å². The first-order valence-electron chi connectivity index (χ1n) is 5.36. The largest absolute Gasteiger partial charge is 0.478 e. The van der Waals surface area contributed by atoms with Gasteiger partial charge < -0.3 is 5.11 Å². The first kappa shape index (κ1) is 12.0. The van der Waals surface area contributed by atoms with Gasteiger partial charge in [-0.15, -0.1) is 0 Å². The van der Waals surface area contributed by atoms with Crippen LogP contribution in [0.3, 0.4) is 0 Å². The number of carboxylic acid groups (broad SMARTS) is 1. The molecule has 0 amide bonds. The molecule has 0 radical (unpaired) electrons. The first-order valence-corrected chi connectivity index (χ1v) is 5.36. The summed E-state index contributed by atoms with van der Waals surface area (Å²) in [5, 5.41) is 9.02. The molecule has 0 aliphatic heterocycles. The van der Waals surface area contributed by atoms with E-state index >= 15 is 0 Å². The Balaban J connectivity index is 2.40. The average Bonchev–Trinajstić information content (AvgIpc) is 2.38. The van der Waals surface area contributed by atoms with E-state index in [0.29, 0.717) is 5.56 Å². The molecule has 0 fully saturated rings. The smallest absolute Gasteiger partial charge is 0.332 e. The maximum absolute atomic E-state index is 12.2. The molecular formula is C14H10O4. The van der Waals surface area contributed by atoms with Gasteiger partial charge in [0.15, 0.2) is 11.6 Å². The van der Waals surface area contributed by atoms with Crippen LogP contribution in [0, 0.1) is 5.92 Å². The molecule has 1 atom stereocenters. The molecule has 0 spiro atoms. The molecule has 0 aromatic heterocycles. The van der Waals surface area contributed by atoms with Gasteiger partial charge in [0.2, 0.25) is 0 Å². The number of hydrogen-bond acceptors (Lipinski definition) is 3. The highest BCUT2D eigenvalue weighted by atomic mass is 16.4. The lowest BCUT2D eigenvalue weighted by atomic mass is 9.84. The highest BCUT2D eigenvalue weighted by molar-refractivity contribution is 6.20. The molecular weight excluding hydrogens is 232 g/mol. The number of ketones is 2. The Hall–Kier alpha value is -2.49. The van der Waals surface area contributed by atoms with Crippen LogP contribution in [0.1, 0.15) is 10.4 Å². The van der Waals surface area contributed by atoms with Crippen molar-refractivity contribution in [3.05, 3.63) is 59.7 Å². The molecule has 0 saturated carbocycles. The summed E-state index contributed by atoms with van der Waals surface area (Å²) < 4.78 is 0. The van der Waals surface area contributed by atoms with E-state index in [2.05, 4.69) is 0 Å². The van der Waals surface area contributed by atoms with Crippen LogP contribution >= 0.6 is 0 Å². The zero-order chi connectivity index (χ0) is 13.1. The molecule has 0 heterocycles. The van der Waals surface area contributed by atoms with Gasteiger partial charge in [-0.05, 0) is 6.08 Å². The van der Waals surface area contributed by atoms with E-state index < -0.39 is 23.5 Å². The first-order chi connectivity index (χ1) is 8.61. The fourth-order valence-corrected chi connectivity index (χ4v) is 1.83. The van der Waals surface area contributed by atoms with E-state index in [1.165, 1.54) is 18.2 Å². The molecule has 1 unspecified atom stereocenters. The zero-order valence-corrected chi connectivity index (χ0v) is 9.37. The van der Waals surface area contributed by atoms with Crippen LogP contribution in [0.5, 0.6) is 0 Å². The second-order valence-electron chi connectivity index (χ2n) is 3.85. The van der Waals surface area contributed by atoms with Crippen molar-refractivity contribution in [2.24, 2.45) is 5.92 Å². The Kier molecular flexibility index (Phi) is 3.19. The number of rotatable bonds is 3. The second-order valence-corrected chi connectivity index (χ2v) is 3.85. The molecule has 1 aliphatic carbocycles. The van der Waals surface area contributed by atoms with E-state index in [1.54, 1.807) is 30.3 Å². The van der Waals surface area contributed by atoms with Crippen molar-refractivity contribution in [1.29, 1.82) is 0 Å². The van der Waals surface area contributed by atoms with Crippen molar-refractivity contribution in [1.82, 2.24) is 0 Å². The number of aliphatic carboxylic acids is 1. The summed E-state index contributed by atoms with van der Waals surface area (Å²) in [6.07, 6.45) is 3.85. The van der Waals surface area contributed by atoms with E-state index in [1.807, 2.05) is 0 Å². The van der Waals surface area contributed by atoms with E-state index in [9.17, 15) is 14.4 Å². The van der Waals surface area contributed by atoms with Gasteiger partial charge in [0.25, 0.3) is 0 Å². The van der Waals surface area contributed by atoms with Gasteiger partial charge in [-0.1, -0.05) is 42.5 Å². The van der Waals surface area contributed by atoms with Crippen LogP contribution in [0.4, 0.5) is 0 Å². The van der Waals surface area contributed by atoms with Crippen molar-refractivity contribution in [3.8, 4) is 0 Å². The summed E-state index contributed by atoms with van der Waals surface area (Å²) in [7, 11) is 0. The highest BCUT2D eigenvalue weighted by Crippen LogP contribution is 2.22. The molecule has 1 aromatic carbocycles. The summed E-state index contributed by atoms with van der Waals surface area (Å²) in [4.78, 5) is 34.9. The zero-order valence-electron chi connectivity index (χ0n) is 9.37. The predicted molar refractivity (Wildman–Crippen MR) is 64.1 cm³/mol. The van der Waals surface area contributed by atoms with Crippen LogP contribution in [0.2, 0.25) is 0 Å². The van der Waals surface area contributed by atoms with Crippen LogP contribution in [0.15, 0.2) is 54.1 Å². The summed E-state index contributed by atoms with van der Waals surface area (Å²) in [6.45, 7) is 0. The predicted octanol–water partition coefficient (Wildman–Crippen LogP) is 1.64. The highest BCUT2D eigenvalue weighted by Gasteiger charge is 2.34. The SMILES string of the molecule is O=C(O)C1=CC=CC(=O)C1C(=O)c1ccccc1. The maximum Gasteiger partial charge on any atom is 0.332 e.